The number of H-pyrrole nitrogens is 2. The lowest BCUT2D eigenvalue weighted by Gasteiger charge is -2.34. The molecule has 4 amide bonds. The number of alkyl carbamates (subject to hydrolysis) is 1. The van der Waals surface area contributed by atoms with Crippen LogP contribution in [0, 0.1) is 5.92 Å². The second kappa shape index (κ2) is 19.1. The van der Waals surface area contributed by atoms with Gasteiger partial charge in [0.25, 0.3) is 5.91 Å². The van der Waals surface area contributed by atoms with E-state index in [1.807, 2.05) is 60.7 Å². The molecule has 5 heterocycles. The smallest absolute Gasteiger partial charge is 0.453 e. The van der Waals surface area contributed by atoms with Gasteiger partial charge in [-0.05, 0) is 49.3 Å². The molecule has 0 radical (unpaired) electrons. The van der Waals surface area contributed by atoms with E-state index in [-0.39, 0.29) is 11.9 Å². The van der Waals surface area contributed by atoms with Crippen molar-refractivity contribution in [2.75, 3.05) is 27.2 Å². The summed E-state index contributed by atoms with van der Waals surface area (Å²) in [5.41, 5.74) is 6.43. The molecule has 4 atom stereocenters. The first-order chi connectivity index (χ1) is 32.1. The van der Waals surface area contributed by atoms with Crippen LogP contribution in [-0.2, 0) is 23.9 Å². The SMILES string of the molecule is COC(=O)N[C@@H](C(=O)N1CCC[C@H]1c1ncc(-c2ccc3nc(-c4ccc(-c5c[nH]c([C@@H]6CCCN6C(=O)[C@H](C(C)C)N(C)C(=O)OC(=O)C(F)(F)F)n5)cc4)cnc3c2)[nH]1)c1ccccc1. The van der Waals surface area contributed by atoms with Crippen molar-refractivity contribution >= 4 is 41.0 Å². The van der Waals surface area contributed by atoms with Crippen LogP contribution in [-0.4, -0.2) is 114 Å². The van der Waals surface area contributed by atoms with Gasteiger partial charge in [0.05, 0.1) is 59.7 Å². The number of likely N-dealkylation sites (tertiary alicyclic amines) is 2. The number of benzene rings is 3. The van der Waals surface area contributed by atoms with Crippen LogP contribution in [0.15, 0.2) is 91.4 Å². The molecule has 0 spiro atoms. The zero-order valence-electron chi connectivity index (χ0n) is 36.9. The Morgan fingerprint density at radius 1 is 0.791 bits per heavy atom. The number of imidazole rings is 2. The molecular weight excluding hydrogens is 874 g/mol. The molecule has 3 aromatic carbocycles. The van der Waals surface area contributed by atoms with Crippen LogP contribution in [0.2, 0.25) is 0 Å². The highest BCUT2D eigenvalue weighted by molar-refractivity contribution is 5.91. The van der Waals surface area contributed by atoms with E-state index < -0.39 is 54.3 Å². The summed E-state index contributed by atoms with van der Waals surface area (Å²) in [6.45, 7) is 4.13. The molecule has 3 aromatic heterocycles. The number of carbonyl (C=O) groups is 5. The first-order valence-electron chi connectivity index (χ1n) is 21.7. The number of likely N-dealkylation sites (N-methyl/N-ethyl adjacent to an activating group) is 1. The summed E-state index contributed by atoms with van der Waals surface area (Å²) in [5.74, 6) is -2.80. The van der Waals surface area contributed by atoms with Gasteiger partial charge in [-0.2, -0.15) is 13.2 Å². The largest absolute Gasteiger partial charge is 0.491 e. The average molecular weight is 921 g/mol. The second-order valence-electron chi connectivity index (χ2n) is 16.7. The highest BCUT2D eigenvalue weighted by Gasteiger charge is 2.45. The summed E-state index contributed by atoms with van der Waals surface area (Å²) in [7, 11) is 2.38. The zero-order valence-corrected chi connectivity index (χ0v) is 36.9. The summed E-state index contributed by atoms with van der Waals surface area (Å²) in [6, 6.07) is 19.4. The number of alkyl halides is 3. The first kappa shape index (κ1) is 45.9. The second-order valence-corrected chi connectivity index (χ2v) is 16.7. The molecule has 0 unspecified atom stereocenters. The van der Waals surface area contributed by atoms with Crippen molar-refractivity contribution in [3.63, 3.8) is 0 Å². The number of fused-ring (bicyclic) bond motifs is 1. The van der Waals surface area contributed by atoms with Crippen molar-refractivity contribution in [2.45, 2.75) is 69.9 Å². The molecule has 0 aliphatic carbocycles. The molecule has 0 bridgehead atoms. The van der Waals surface area contributed by atoms with Gasteiger partial charge in [0.1, 0.15) is 23.7 Å². The Bertz CT molecular complexity index is 2800. The number of ether oxygens (including phenoxy) is 2. The van der Waals surface area contributed by atoms with Crippen LogP contribution in [0.5, 0.6) is 0 Å². The molecule has 20 heteroatoms. The topological polar surface area (TPSA) is 209 Å². The number of nitrogens with zero attached hydrogens (tertiary/aromatic N) is 7. The Balaban J connectivity index is 0.930. The van der Waals surface area contributed by atoms with E-state index in [0.717, 1.165) is 40.8 Å². The van der Waals surface area contributed by atoms with Crippen molar-refractivity contribution in [3.8, 4) is 33.8 Å². The normalized spacial score (nSPS) is 17.1. The molecule has 17 nitrogen and oxygen atoms in total. The molecular formula is C47H47F3N10O7. The summed E-state index contributed by atoms with van der Waals surface area (Å²) < 4.78 is 47.1. The number of halogens is 3. The summed E-state index contributed by atoms with van der Waals surface area (Å²) >= 11 is 0. The van der Waals surface area contributed by atoms with Crippen LogP contribution >= 0.6 is 0 Å². The zero-order chi connectivity index (χ0) is 47.6. The van der Waals surface area contributed by atoms with Crippen LogP contribution in [0.3, 0.4) is 0 Å². The minimum Gasteiger partial charge on any atom is -0.453 e. The number of hydrogen-bond donors (Lipinski definition) is 3. The van der Waals surface area contributed by atoms with Gasteiger partial charge in [-0.25, -0.2) is 29.3 Å². The predicted octanol–water partition coefficient (Wildman–Crippen LogP) is 7.68. The lowest BCUT2D eigenvalue weighted by Crippen LogP contribution is -2.52. The maximum atomic E-state index is 13.9. The van der Waals surface area contributed by atoms with E-state index >= 15 is 0 Å². The van der Waals surface area contributed by atoms with Gasteiger partial charge >= 0.3 is 24.3 Å². The number of amides is 4. The molecule has 3 N–H and O–H groups in total. The maximum Gasteiger partial charge on any atom is 0.491 e. The molecule has 2 aliphatic rings. The Labute approximate surface area is 382 Å². The minimum absolute atomic E-state index is 0.257. The molecule has 67 heavy (non-hydrogen) atoms. The fourth-order valence-corrected chi connectivity index (χ4v) is 8.73. The Hall–Kier alpha value is -7.64. The van der Waals surface area contributed by atoms with Crippen LogP contribution in [0.1, 0.15) is 74.9 Å². The number of aromatic nitrogens is 6. The molecule has 2 fully saturated rings. The van der Waals surface area contributed by atoms with E-state index in [0.29, 0.717) is 72.0 Å². The van der Waals surface area contributed by atoms with Gasteiger partial charge < -0.3 is 34.6 Å². The number of aromatic amines is 2. The molecule has 2 saturated heterocycles. The van der Waals surface area contributed by atoms with Crippen molar-refractivity contribution in [3.05, 3.63) is 109 Å². The Morgan fingerprint density at radius 3 is 2.09 bits per heavy atom. The molecule has 8 rings (SSSR count). The standard InChI is InChI=1S/C47H47F3N10O7/c1-26(2)39(58(3)46(65)67-44(63)47(48,49)50)43(62)60-21-9-13-37(60)41-52-24-34(55-41)28-16-14-27(15-17-28)33-23-51-32-22-30(18-19-31(32)54-33)35-25-53-40(56-35)36-12-8-20-59(36)42(61)38(57-45(64)66-4)29-10-6-5-7-11-29/h5-7,10-11,14-19,22-26,36-39H,8-9,12-13,20-21H2,1-4H3,(H,52,55)(H,53,56)(H,57,64)/t36-,37-,38+,39-/m0/s1. The summed E-state index contributed by atoms with van der Waals surface area (Å²) in [4.78, 5) is 93.5. The number of rotatable bonds is 11. The van der Waals surface area contributed by atoms with Gasteiger partial charge in [-0.1, -0.05) is 74.5 Å². The van der Waals surface area contributed by atoms with Crippen molar-refractivity contribution in [1.29, 1.82) is 0 Å². The fourth-order valence-electron chi connectivity index (χ4n) is 8.73. The highest BCUT2D eigenvalue weighted by atomic mass is 19.4. The van der Waals surface area contributed by atoms with Crippen molar-refractivity contribution in [2.24, 2.45) is 5.92 Å². The van der Waals surface area contributed by atoms with Crippen LogP contribution in [0.4, 0.5) is 22.8 Å². The third-order valence-corrected chi connectivity index (χ3v) is 12.1. The third-order valence-electron chi connectivity index (χ3n) is 12.1. The van der Waals surface area contributed by atoms with E-state index in [2.05, 4.69) is 25.0 Å². The van der Waals surface area contributed by atoms with E-state index in [4.69, 9.17) is 19.7 Å². The number of nitrogens with one attached hydrogen (secondary N) is 3. The quantitative estimate of drug-likeness (QED) is 0.0848. The third kappa shape index (κ3) is 9.68. The van der Waals surface area contributed by atoms with E-state index in [9.17, 15) is 37.1 Å². The average Bonchev–Trinajstić information content (AvgIpc) is 4.18. The predicted molar refractivity (Wildman–Crippen MR) is 236 cm³/mol. The van der Waals surface area contributed by atoms with E-state index in [1.165, 1.54) is 7.11 Å². The molecule has 348 valence electrons. The Kier molecular flexibility index (Phi) is 13.1. The summed E-state index contributed by atoms with van der Waals surface area (Å²) in [6.07, 6.45) is 0.162. The van der Waals surface area contributed by atoms with Crippen molar-refractivity contribution < 1.29 is 46.6 Å². The number of esters is 1. The lowest BCUT2D eigenvalue weighted by atomic mass is 10.0. The number of methoxy groups -OCH3 is 1. The monoisotopic (exact) mass is 920 g/mol. The van der Waals surface area contributed by atoms with Gasteiger partial charge in [-0.15, -0.1) is 0 Å². The first-order valence-corrected chi connectivity index (χ1v) is 21.7. The van der Waals surface area contributed by atoms with Crippen LogP contribution < -0.4 is 5.32 Å². The highest BCUT2D eigenvalue weighted by Crippen LogP contribution is 2.36. The number of carbonyl (C=O) groups excluding carboxylic acids is 5. The van der Waals surface area contributed by atoms with Crippen molar-refractivity contribution in [1.82, 2.24) is 49.9 Å². The number of hydrogen-bond acceptors (Lipinski definition) is 11. The molecule has 2 aliphatic heterocycles. The van der Waals surface area contributed by atoms with Gasteiger partial charge in [0, 0.05) is 43.0 Å². The van der Waals surface area contributed by atoms with Crippen LogP contribution in [0.25, 0.3) is 44.8 Å². The molecule has 0 saturated carbocycles. The molecule has 6 aromatic rings. The van der Waals surface area contributed by atoms with Gasteiger partial charge in [0.15, 0.2) is 0 Å². The lowest BCUT2D eigenvalue weighted by molar-refractivity contribution is -0.194. The summed E-state index contributed by atoms with van der Waals surface area (Å²) in [5, 5.41) is 2.69. The fraction of sp³-hybridized carbons (Fsp3) is 0.340. The van der Waals surface area contributed by atoms with E-state index in [1.54, 1.807) is 54.4 Å². The Morgan fingerprint density at radius 2 is 1.43 bits per heavy atom. The minimum atomic E-state index is -5.37. The maximum absolute atomic E-state index is 13.9. The van der Waals surface area contributed by atoms with Gasteiger partial charge in [0.2, 0.25) is 5.91 Å². The van der Waals surface area contributed by atoms with Gasteiger partial charge in [-0.3, -0.25) is 19.5 Å².